The van der Waals surface area contributed by atoms with Crippen molar-refractivity contribution in [3.05, 3.63) is 53.1 Å². The molecule has 1 aliphatic carbocycles. The third kappa shape index (κ3) is 3.42. The topological polar surface area (TPSA) is 81.4 Å². The van der Waals surface area contributed by atoms with Crippen molar-refractivity contribution < 1.29 is 27.5 Å². The Labute approximate surface area is 162 Å². The number of hydrogen-bond acceptors (Lipinski definition) is 5. The smallest absolute Gasteiger partial charge is 0.416 e. The third-order valence-electron chi connectivity index (χ3n) is 4.89. The summed E-state index contributed by atoms with van der Waals surface area (Å²) in [6.07, 6.45) is -3.01. The summed E-state index contributed by atoms with van der Waals surface area (Å²) in [5.41, 5.74) is 6.73. The minimum absolute atomic E-state index is 0.0587. The van der Waals surface area contributed by atoms with Gasteiger partial charge in [-0.1, -0.05) is 17.8 Å². The van der Waals surface area contributed by atoms with Crippen LogP contribution in [0.4, 0.5) is 23.7 Å². The second-order valence-electron chi connectivity index (χ2n) is 6.67. The summed E-state index contributed by atoms with van der Waals surface area (Å²) in [6.45, 7) is 0. The molecule has 5 nitrogen and oxygen atoms in total. The van der Waals surface area contributed by atoms with Crippen molar-refractivity contribution in [3.8, 4) is 11.5 Å². The maximum Gasteiger partial charge on any atom is 0.416 e. The number of ether oxygens (including phenoxy) is 1. The van der Waals surface area contributed by atoms with E-state index < -0.39 is 17.0 Å². The first kappa shape index (κ1) is 18.7. The highest BCUT2D eigenvalue weighted by molar-refractivity contribution is 8.15. The number of halogens is 3. The first-order valence-electron chi connectivity index (χ1n) is 8.51. The Morgan fingerprint density at radius 3 is 2.57 bits per heavy atom. The van der Waals surface area contributed by atoms with Gasteiger partial charge < -0.3 is 10.5 Å². The Morgan fingerprint density at radius 1 is 1.14 bits per heavy atom. The number of nitrogens with one attached hydrogen (secondary N) is 1. The number of aryl methyl sites for hydroxylation is 1. The highest BCUT2D eigenvalue weighted by Crippen LogP contribution is 2.44. The van der Waals surface area contributed by atoms with Crippen LogP contribution in [-0.4, -0.2) is 16.4 Å². The van der Waals surface area contributed by atoms with E-state index in [1.807, 2.05) is 6.07 Å². The van der Waals surface area contributed by atoms with Crippen LogP contribution in [0.25, 0.3) is 0 Å². The first-order valence-corrected chi connectivity index (χ1v) is 9.39. The van der Waals surface area contributed by atoms with Gasteiger partial charge in [-0.3, -0.25) is 14.9 Å². The van der Waals surface area contributed by atoms with Gasteiger partial charge in [0, 0.05) is 5.92 Å². The van der Waals surface area contributed by atoms with E-state index in [0.717, 1.165) is 47.9 Å². The SMILES string of the molecule is Nc1cc(C(F)(F)F)ccc1Oc1ccc2c(c1)CC[C@H]2C1SC(=O)NC1=O. The van der Waals surface area contributed by atoms with Crippen LogP contribution in [0.1, 0.15) is 29.0 Å². The second kappa shape index (κ2) is 6.73. The highest BCUT2D eigenvalue weighted by Gasteiger charge is 2.41. The predicted octanol–water partition coefficient (Wildman–Crippen LogP) is 4.46. The third-order valence-corrected chi connectivity index (χ3v) is 6.00. The number of amides is 2. The minimum atomic E-state index is -4.47. The fraction of sp³-hybridized carbons (Fsp3) is 0.263. The molecule has 0 saturated carbocycles. The van der Waals surface area contributed by atoms with E-state index in [1.54, 1.807) is 12.1 Å². The summed E-state index contributed by atoms with van der Waals surface area (Å²) in [7, 11) is 0. The monoisotopic (exact) mass is 408 g/mol. The number of imide groups is 1. The van der Waals surface area contributed by atoms with Gasteiger partial charge in [-0.05, 0) is 54.3 Å². The number of benzene rings is 2. The van der Waals surface area contributed by atoms with Crippen LogP contribution in [0.5, 0.6) is 11.5 Å². The number of thioether (sulfide) groups is 1. The van der Waals surface area contributed by atoms with Crippen molar-refractivity contribution in [1.29, 1.82) is 0 Å². The van der Waals surface area contributed by atoms with E-state index in [0.29, 0.717) is 5.75 Å². The molecule has 2 aromatic rings. The van der Waals surface area contributed by atoms with E-state index in [4.69, 9.17) is 10.5 Å². The number of anilines is 1. The average molecular weight is 408 g/mol. The summed E-state index contributed by atoms with van der Waals surface area (Å²) in [6, 6.07) is 8.27. The van der Waals surface area contributed by atoms with Gasteiger partial charge in [0.1, 0.15) is 16.7 Å². The molecule has 28 heavy (non-hydrogen) atoms. The van der Waals surface area contributed by atoms with Crippen LogP contribution in [0.15, 0.2) is 36.4 Å². The number of nitrogen functional groups attached to an aromatic ring is 1. The highest BCUT2D eigenvalue weighted by atomic mass is 32.2. The van der Waals surface area contributed by atoms with Gasteiger partial charge in [0.2, 0.25) is 5.91 Å². The molecule has 2 amide bonds. The number of hydrogen-bond donors (Lipinski definition) is 2. The molecule has 0 bridgehead atoms. The Bertz CT molecular complexity index is 977. The molecule has 0 radical (unpaired) electrons. The number of alkyl halides is 3. The van der Waals surface area contributed by atoms with Crippen LogP contribution in [0, 0.1) is 0 Å². The molecule has 146 valence electrons. The minimum Gasteiger partial charge on any atom is -0.455 e. The van der Waals surface area contributed by atoms with Crippen LogP contribution in [-0.2, 0) is 17.4 Å². The zero-order valence-electron chi connectivity index (χ0n) is 14.4. The molecule has 2 aliphatic rings. The van der Waals surface area contributed by atoms with E-state index in [1.165, 1.54) is 6.07 Å². The lowest BCUT2D eigenvalue weighted by atomic mass is 9.97. The van der Waals surface area contributed by atoms with Crippen molar-refractivity contribution in [2.24, 2.45) is 0 Å². The number of carbonyl (C=O) groups excluding carboxylic acids is 2. The summed E-state index contributed by atoms with van der Waals surface area (Å²) in [5.74, 6) is 0.256. The summed E-state index contributed by atoms with van der Waals surface area (Å²) in [5, 5.41) is 1.54. The summed E-state index contributed by atoms with van der Waals surface area (Å²) >= 11 is 1.01. The lowest BCUT2D eigenvalue weighted by Gasteiger charge is -2.16. The van der Waals surface area contributed by atoms with Crippen molar-refractivity contribution in [3.63, 3.8) is 0 Å². The lowest BCUT2D eigenvalue weighted by molar-refractivity contribution is -0.137. The number of rotatable bonds is 3. The van der Waals surface area contributed by atoms with Crippen molar-refractivity contribution in [2.75, 3.05) is 5.73 Å². The number of carbonyl (C=O) groups is 2. The molecule has 1 aliphatic heterocycles. The number of nitrogens with two attached hydrogens (primary N) is 1. The van der Waals surface area contributed by atoms with Crippen LogP contribution in [0.3, 0.4) is 0 Å². The van der Waals surface area contributed by atoms with Gasteiger partial charge in [0.15, 0.2) is 0 Å². The molecule has 0 aromatic heterocycles. The lowest BCUT2D eigenvalue weighted by Crippen LogP contribution is -2.27. The number of fused-ring (bicyclic) bond motifs is 1. The Hall–Kier alpha value is -2.68. The molecule has 2 atom stereocenters. The van der Waals surface area contributed by atoms with Crippen LogP contribution in [0.2, 0.25) is 0 Å². The molecule has 1 unspecified atom stereocenters. The maximum atomic E-state index is 12.7. The van der Waals surface area contributed by atoms with Gasteiger partial charge in [-0.25, -0.2) is 0 Å². The van der Waals surface area contributed by atoms with Crippen molar-refractivity contribution in [2.45, 2.75) is 30.2 Å². The molecule has 9 heteroatoms. The summed E-state index contributed by atoms with van der Waals surface area (Å²) < 4.78 is 43.9. The normalized spacial score (nSPS) is 21.5. The molecule has 2 aromatic carbocycles. The second-order valence-corrected chi connectivity index (χ2v) is 7.79. The largest absolute Gasteiger partial charge is 0.455 e. The van der Waals surface area contributed by atoms with Gasteiger partial charge in [0.25, 0.3) is 5.24 Å². The average Bonchev–Trinajstić information content (AvgIpc) is 3.17. The Kier molecular flexibility index (Phi) is 4.49. The molecule has 4 rings (SSSR count). The van der Waals surface area contributed by atoms with Crippen molar-refractivity contribution >= 4 is 28.6 Å². The predicted molar refractivity (Wildman–Crippen MR) is 98.4 cm³/mol. The standard InChI is InChI=1S/C19H15F3N2O3S/c20-19(21,22)10-2-6-15(14(23)8-10)27-11-3-5-12-9(7-11)1-4-13(12)16-17(25)24-18(26)28-16/h2-3,5-8,13,16H,1,4,23H2,(H,24,25,26)/t13-,16?/m1/s1. The van der Waals surface area contributed by atoms with Crippen molar-refractivity contribution in [1.82, 2.24) is 5.32 Å². The molecule has 3 N–H and O–H groups in total. The molecular formula is C19H15F3N2O3S. The van der Waals surface area contributed by atoms with E-state index in [2.05, 4.69) is 5.32 Å². The van der Waals surface area contributed by atoms with Gasteiger partial charge in [0.05, 0.1) is 11.3 Å². The van der Waals surface area contributed by atoms with Crippen LogP contribution < -0.4 is 15.8 Å². The fourth-order valence-electron chi connectivity index (χ4n) is 3.58. The van der Waals surface area contributed by atoms with E-state index in [-0.39, 0.29) is 28.5 Å². The molecule has 1 saturated heterocycles. The van der Waals surface area contributed by atoms with Gasteiger partial charge in [-0.2, -0.15) is 13.2 Å². The first-order chi connectivity index (χ1) is 13.2. The van der Waals surface area contributed by atoms with Gasteiger partial charge in [-0.15, -0.1) is 0 Å². The zero-order valence-corrected chi connectivity index (χ0v) is 15.2. The Morgan fingerprint density at radius 2 is 1.93 bits per heavy atom. The molecular weight excluding hydrogens is 393 g/mol. The van der Waals surface area contributed by atoms with E-state index >= 15 is 0 Å². The molecule has 1 heterocycles. The van der Waals surface area contributed by atoms with E-state index in [9.17, 15) is 22.8 Å². The zero-order chi connectivity index (χ0) is 20.1. The summed E-state index contributed by atoms with van der Waals surface area (Å²) in [4.78, 5) is 23.4. The Balaban J connectivity index is 1.54. The van der Waals surface area contributed by atoms with Crippen LogP contribution >= 0.6 is 11.8 Å². The van der Waals surface area contributed by atoms with Gasteiger partial charge >= 0.3 is 6.18 Å². The maximum absolute atomic E-state index is 12.7. The quantitative estimate of drug-likeness (QED) is 0.733. The fourth-order valence-corrected chi connectivity index (χ4v) is 4.59. The molecule has 0 spiro atoms. The molecule has 1 fully saturated rings.